The van der Waals surface area contributed by atoms with E-state index in [0.717, 1.165) is 41.7 Å². The van der Waals surface area contributed by atoms with E-state index in [4.69, 9.17) is 5.11 Å². The van der Waals surface area contributed by atoms with Gasteiger partial charge in [-0.1, -0.05) is 36.8 Å². The van der Waals surface area contributed by atoms with Crippen LogP contribution in [0.3, 0.4) is 0 Å². The molecule has 2 aromatic rings. The largest absolute Gasteiger partial charge is 0.481 e. The van der Waals surface area contributed by atoms with Crippen LogP contribution in [0.4, 0.5) is 5.00 Å². The van der Waals surface area contributed by atoms with Crippen LogP contribution in [-0.2, 0) is 29.0 Å². The fraction of sp³-hybridized carbons (Fsp3) is 0.435. The smallest absolute Gasteiger partial charge is 0.303 e. The molecule has 7 heteroatoms. The van der Waals surface area contributed by atoms with Crippen molar-refractivity contribution in [3.05, 3.63) is 51.4 Å². The molecule has 2 amide bonds. The highest BCUT2D eigenvalue weighted by Gasteiger charge is 2.26. The number of hydrogen-bond donors (Lipinski definition) is 3. The van der Waals surface area contributed by atoms with Crippen LogP contribution in [-0.4, -0.2) is 22.9 Å². The lowest BCUT2D eigenvalue weighted by atomic mass is 9.95. The molecule has 0 saturated carbocycles. The maximum Gasteiger partial charge on any atom is 0.303 e. The molecule has 0 radical (unpaired) electrons. The van der Waals surface area contributed by atoms with E-state index in [9.17, 15) is 14.4 Å². The lowest BCUT2D eigenvalue weighted by Gasteiger charge is -2.14. The molecule has 1 heterocycles. The summed E-state index contributed by atoms with van der Waals surface area (Å²) in [4.78, 5) is 37.5. The standard InChI is InChI=1S/C23H28N2O4S/c1-14-7-9-16(10-8-14)13-24-22(29)21-17-5-3-4-6-18(17)30-23(21)25-19(26)11-15(2)12-20(27)28/h7-10,15H,3-6,11-13H2,1-2H3,(H,24,29)(H,25,26)(H,27,28)/t15-/m0/s1. The summed E-state index contributed by atoms with van der Waals surface area (Å²) in [6.45, 7) is 4.18. The van der Waals surface area contributed by atoms with Crippen molar-refractivity contribution in [3.63, 3.8) is 0 Å². The van der Waals surface area contributed by atoms with Gasteiger partial charge in [0.2, 0.25) is 5.91 Å². The van der Waals surface area contributed by atoms with Crippen LogP contribution < -0.4 is 10.6 Å². The maximum atomic E-state index is 13.1. The second-order valence-corrected chi connectivity index (χ2v) is 9.14. The molecule has 0 unspecified atom stereocenters. The number of nitrogens with one attached hydrogen (secondary N) is 2. The topological polar surface area (TPSA) is 95.5 Å². The molecule has 0 bridgehead atoms. The zero-order valence-electron chi connectivity index (χ0n) is 17.4. The Kier molecular flexibility index (Phi) is 7.26. The number of carboxylic acid groups (broad SMARTS) is 1. The van der Waals surface area contributed by atoms with Gasteiger partial charge >= 0.3 is 5.97 Å². The van der Waals surface area contributed by atoms with Gasteiger partial charge in [0, 0.05) is 24.3 Å². The van der Waals surface area contributed by atoms with Gasteiger partial charge in [-0.15, -0.1) is 11.3 Å². The maximum absolute atomic E-state index is 13.1. The van der Waals surface area contributed by atoms with E-state index < -0.39 is 5.97 Å². The first kappa shape index (κ1) is 22.0. The zero-order valence-corrected chi connectivity index (χ0v) is 18.2. The van der Waals surface area contributed by atoms with Crippen molar-refractivity contribution in [3.8, 4) is 0 Å². The van der Waals surface area contributed by atoms with Crippen LogP contribution in [0.2, 0.25) is 0 Å². The normalized spacial score (nSPS) is 13.9. The number of aryl methyl sites for hydroxylation is 2. The Bertz CT molecular complexity index is 933. The minimum atomic E-state index is -0.918. The molecule has 0 aliphatic heterocycles. The van der Waals surface area contributed by atoms with Crippen LogP contribution in [0.15, 0.2) is 24.3 Å². The Morgan fingerprint density at radius 1 is 1.10 bits per heavy atom. The van der Waals surface area contributed by atoms with Crippen LogP contribution in [0.25, 0.3) is 0 Å². The highest BCUT2D eigenvalue weighted by atomic mass is 32.1. The summed E-state index contributed by atoms with van der Waals surface area (Å²) in [5.41, 5.74) is 3.80. The fourth-order valence-corrected chi connectivity index (χ4v) is 5.04. The molecular weight excluding hydrogens is 400 g/mol. The molecule has 1 aromatic heterocycles. The number of aliphatic carboxylic acids is 1. The second-order valence-electron chi connectivity index (χ2n) is 8.04. The summed E-state index contributed by atoms with van der Waals surface area (Å²) in [6.07, 6.45) is 3.93. The predicted molar refractivity (Wildman–Crippen MR) is 118 cm³/mol. The number of thiophene rings is 1. The summed E-state index contributed by atoms with van der Waals surface area (Å²) < 4.78 is 0. The van der Waals surface area contributed by atoms with Crippen molar-refractivity contribution in [1.29, 1.82) is 0 Å². The van der Waals surface area contributed by atoms with Crippen LogP contribution in [0.5, 0.6) is 0 Å². The molecule has 1 aromatic carbocycles. The molecule has 0 fully saturated rings. The van der Waals surface area contributed by atoms with Gasteiger partial charge in [-0.25, -0.2) is 0 Å². The van der Waals surface area contributed by atoms with Gasteiger partial charge in [0.15, 0.2) is 0 Å². The van der Waals surface area contributed by atoms with Crippen molar-refractivity contribution in [2.45, 2.75) is 58.9 Å². The summed E-state index contributed by atoms with van der Waals surface area (Å²) in [5.74, 6) is -1.62. The first-order valence-corrected chi connectivity index (χ1v) is 11.1. The van der Waals surface area contributed by atoms with E-state index in [0.29, 0.717) is 17.1 Å². The Balaban J connectivity index is 1.74. The van der Waals surface area contributed by atoms with E-state index >= 15 is 0 Å². The van der Waals surface area contributed by atoms with Crippen molar-refractivity contribution >= 4 is 34.1 Å². The molecule has 1 aliphatic carbocycles. The average molecular weight is 429 g/mol. The van der Waals surface area contributed by atoms with Crippen LogP contribution in [0, 0.1) is 12.8 Å². The third-order valence-electron chi connectivity index (χ3n) is 5.28. The van der Waals surface area contributed by atoms with Gasteiger partial charge in [-0.2, -0.15) is 0 Å². The molecule has 30 heavy (non-hydrogen) atoms. The summed E-state index contributed by atoms with van der Waals surface area (Å²) in [6, 6.07) is 8.01. The lowest BCUT2D eigenvalue weighted by molar-refractivity contribution is -0.138. The Morgan fingerprint density at radius 2 is 1.80 bits per heavy atom. The zero-order chi connectivity index (χ0) is 21.7. The fourth-order valence-electron chi connectivity index (χ4n) is 3.74. The molecule has 1 aliphatic rings. The van der Waals surface area contributed by atoms with Gasteiger partial charge in [0.1, 0.15) is 5.00 Å². The van der Waals surface area contributed by atoms with Crippen LogP contribution >= 0.6 is 11.3 Å². The number of fused-ring (bicyclic) bond motifs is 1. The molecule has 160 valence electrons. The average Bonchev–Trinajstić information content (AvgIpc) is 3.04. The number of carbonyl (C=O) groups excluding carboxylic acids is 2. The van der Waals surface area contributed by atoms with Crippen molar-refractivity contribution in [2.75, 3.05) is 5.32 Å². The van der Waals surface area contributed by atoms with Gasteiger partial charge in [0.25, 0.3) is 5.91 Å². The molecule has 0 spiro atoms. The molecule has 3 N–H and O–H groups in total. The predicted octanol–water partition coefficient (Wildman–Crippen LogP) is 4.30. The molecular formula is C23H28N2O4S. The number of benzene rings is 1. The summed E-state index contributed by atoms with van der Waals surface area (Å²) in [7, 11) is 0. The Labute approximate surface area is 180 Å². The van der Waals surface area contributed by atoms with Crippen molar-refractivity contribution < 1.29 is 19.5 Å². The minimum absolute atomic E-state index is 0.0573. The van der Waals surface area contributed by atoms with Crippen molar-refractivity contribution in [2.24, 2.45) is 5.92 Å². The highest BCUT2D eigenvalue weighted by Crippen LogP contribution is 2.38. The van der Waals surface area contributed by atoms with Gasteiger partial charge in [-0.3, -0.25) is 14.4 Å². The quantitative estimate of drug-likeness (QED) is 0.584. The molecule has 1 atom stereocenters. The first-order valence-electron chi connectivity index (χ1n) is 10.3. The number of carbonyl (C=O) groups is 3. The van der Waals surface area contributed by atoms with E-state index in [-0.39, 0.29) is 30.6 Å². The number of hydrogen-bond acceptors (Lipinski definition) is 4. The molecule has 6 nitrogen and oxygen atoms in total. The van der Waals surface area contributed by atoms with E-state index in [1.807, 2.05) is 31.2 Å². The SMILES string of the molecule is Cc1ccc(CNC(=O)c2c(NC(=O)C[C@H](C)CC(=O)O)sc3c2CCCC3)cc1. The van der Waals surface area contributed by atoms with Gasteiger partial charge in [-0.05, 0) is 49.7 Å². The number of rotatable bonds is 8. The third-order valence-corrected chi connectivity index (χ3v) is 6.49. The number of carboxylic acids is 1. The van der Waals surface area contributed by atoms with Crippen LogP contribution in [0.1, 0.15) is 64.5 Å². The first-order chi connectivity index (χ1) is 14.3. The minimum Gasteiger partial charge on any atom is -0.481 e. The number of anilines is 1. The van der Waals surface area contributed by atoms with Crippen molar-refractivity contribution in [1.82, 2.24) is 5.32 Å². The van der Waals surface area contributed by atoms with E-state index in [2.05, 4.69) is 10.6 Å². The third kappa shape index (κ3) is 5.69. The highest BCUT2D eigenvalue weighted by molar-refractivity contribution is 7.17. The monoisotopic (exact) mass is 428 g/mol. The van der Waals surface area contributed by atoms with E-state index in [1.165, 1.54) is 16.9 Å². The Hall–Kier alpha value is -2.67. The van der Waals surface area contributed by atoms with Gasteiger partial charge < -0.3 is 15.7 Å². The van der Waals surface area contributed by atoms with Gasteiger partial charge in [0.05, 0.1) is 5.56 Å². The molecule has 0 saturated heterocycles. The summed E-state index contributed by atoms with van der Waals surface area (Å²) >= 11 is 1.47. The summed E-state index contributed by atoms with van der Waals surface area (Å²) in [5, 5.41) is 15.4. The molecule has 3 rings (SSSR count). The number of amides is 2. The van der Waals surface area contributed by atoms with E-state index in [1.54, 1.807) is 6.92 Å². The second kappa shape index (κ2) is 9.89. The lowest BCUT2D eigenvalue weighted by Crippen LogP contribution is -2.25. The Morgan fingerprint density at radius 3 is 2.50 bits per heavy atom.